The molecule has 0 unspecified atom stereocenters. The van der Waals surface area contributed by atoms with Crippen LogP contribution in [-0.2, 0) is 11.2 Å². The number of hydrogen-bond acceptors (Lipinski definition) is 4. The molecule has 28 heavy (non-hydrogen) atoms. The lowest BCUT2D eigenvalue weighted by Gasteiger charge is -2.32. The van der Waals surface area contributed by atoms with E-state index in [-0.39, 0.29) is 17.9 Å². The fraction of sp³-hybridized carbons (Fsp3) is 0.286. The monoisotopic (exact) mass is 396 g/mol. The van der Waals surface area contributed by atoms with Gasteiger partial charge in [0.15, 0.2) is 0 Å². The maximum absolute atomic E-state index is 13.1. The molecule has 6 nitrogen and oxygen atoms in total. The van der Waals surface area contributed by atoms with E-state index in [0.29, 0.717) is 18.1 Å². The Labute approximate surface area is 168 Å². The fourth-order valence-electron chi connectivity index (χ4n) is 3.47. The summed E-state index contributed by atoms with van der Waals surface area (Å²) >= 11 is 6.09. The van der Waals surface area contributed by atoms with E-state index in [1.807, 2.05) is 50.4 Å². The van der Waals surface area contributed by atoms with E-state index in [9.17, 15) is 4.79 Å². The lowest BCUT2D eigenvalue weighted by molar-refractivity contribution is -0.137. The zero-order chi connectivity index (χ0) is 19.7. The van der Waals surface area contributed by atoms with Crippen molar-refractivity contribution >= 4 is 17.5 Å². The minimum atomic E-state index is -0.215. The average molecular weight is 397 g/mol. The molecule has 0 spiro atoms. The van der Waals surface area contributed by atoms with Crippen molar-refractivity contribution in [3.8, 4) is 11.4 Å². The van der Waals surface area contributed by atoms with E-state index >= 15 is 0 Å². The van der Waals surface area contributed by atoms with Crippen LogP contribution < -0.4 is 4.74 Å². The van der Waals surface area contributed by atoms with Crippen molar-refractivity contribution in [3.63, 3.8) is 0 Å². The topological polar surface area (TPSA) is 60.2 Å². The van der Waals surface area contributed by atoms with Crippen LogP contribution in [0.2, 0.25) is 5.02 Å². The van der Waals surface area contributed by atoms with Crippen molar-refractivity contribution in [2.24, 2.45) is 5.92 Å². The lowest BCUT2D eigenvalue weighted by atomic mass is 9.94. The van der Waals surface area contributed by atoms with E-state index in [0.717, 1.165) is 22.6 Å². The Hall–Kier alpha value is -2.86. The van der Waals surface area contributed by atoms with Crippen LogP contribution in [0, 0.1) is 5.92 Å². The van der Waals surface area contributed by atoms with E-state index < -0.39 is 0 Å². The van der Waals surface area contributed by atoms with E-state index in [1.165, 1.54) is 6.33 Å². The molecule has 0 fully saturated rings. The van der Waals surface area contributed by atoms with Crippen molar-refractivity contribution in [1.82, 2.24) is 19.7 Å². The predicted molar refractivity (Wildman–Crippen MR) is 107 cm³/mol. The van der Waals surface area contributed by atoms with Crippen molar-refractivity contribution in [1.29, 1.82) is 0 Å². The van der Waals surface area contributed by atoms with Gasteiger partial charge in [0.2, 0.25) is 5.91 Å². The third kappa shape index (κ3) is 3.60. The molecular formula is C21H21ClN4O2. The first-order valence-corrected chi connectivity index (χ1v) is 9.53. The summed E-state index contributed by atoms with van der Waals surface area (Å²) in [5.41, 5.74) is 2.96. The number of nitrogens with zero attached hydrogens (tertiary/aromatic N) is 4. The number of benzene rings is 2. The molecule has 0 radical (unpaired) electrons. The van der Waals surface area contributed by atoms with Gasteiger partial charge < -0.3 is 9.64 Å². The van der Waals surface area contributed by atoms with Gasteiger partial charge in [-0.25, -0.2) is 9.67 Å². The Balaban J connectivity index is 1.46. The number of halogens is 1. The quantitative estimate of drug-likeness (QED) is 0.674. The van der Waals surface area contributed by atoms with Crippen molar-refractivity contribution in [3.05, 3.63) is 71.3 Å². The van der Waals surface area contributed by atoms with E-state index in [2.05, 4.69) is 10.1 Å². The third-order valence-corrected chi connectivity index (χ3v) is 5.50. The number of fused-ring (bicyclic) bond motifs is 1. The number of ether oxygens (including phenoxy) is 1. The normalized spacial score (nSPS) is 16.8. The Bertz CT molecular complexity index is 973. The van der Waals surface area contributed by atoms with Crippen LogP contribution in [0.3, 0.4) is 0 Å². The number of rotatable bonds is 4. The Morgan fingerprint density at radius 2 is 2.07 bits per heavy atom. The van der Waals surface area contributed by atoms with Gasteiger partial charge >= 0.3 is 0 Å². The predicted octanol–water partition coefficient (Wildman–Crippen LogP) is 3.69. The largest absolute Gasteiger partial charge is 0.492 e. The second-order valence-electron chi connectivity index (χ2n) is 7.02. The number of carbonyl (C=O) groups excluding carboxylic acids is 1. The maximum Gasteiger partial charge on any atom is 0.229 e. The second kappa shape index (κ2) is 7.64. The van der Waals surface area contributed by atoms with Crippen LogP contribution in [-0.4, -0.2) is 39.2 Å². The van der Waals surface area contributed by atoms with Gasteiger partial charge in [-0.2, -0.15) is 5.10 Å². The molecule has 2 aromatic carbocycles. The van der Waals surface area contributed by atoms with Crippen LogP contribution >= 0.6 is 11.6 Å². The zero-order valence-electron chi connectivity index (χ0n) is 15.7. The number of aromatic nitrogens is 3. The Morgan fingerprint density at radius 1 is 1.29 bits per heavy atom. The van der Waals surface area contributed by atoms with Crippen LogP contribution in [0.1, 0.15) is 24.1 Å². The van der Waals surface area contributed by atoms with Crippen LogP contribution in [0.15, 0.2) is 55.1 Å². The molecule has 4 rings (SSSR count). The van der Waals surface area contributed by atoms with Gasteiger partial charge in [-0.1, -0.05) is 23.7 Å². The van der Waals surface area contributed by atoms with Crippen LogP contribution in [0.25, 0.3) is 5.69 Å². The molecule has 1 amide bonds. The highest BCUT2D eigenvalue weighted by molar-refractivity contribution is 6.30. The van der Waals surface area contributed by atoms with Gasteiger partial charge in [0.25, 0.3) is 0 Å². The summed E-state index contributed by atoms with van der Waals surface area (Å²) in [6.45, 7) is 2.41. The summed E-state index contributed by atoms with van der Waals surface area (Å²) in [5.74, 6) is 0.666. The summed E-state index contributed by atoms with van der Waals surface area (Å²) < 4.78 is 7.48. The third-order valence-electron chi connectivity index (χ3n) is 5.27. The van der Waals surface area contributed by atoms with E-state index in [1.54, 1.807) is 22.0 Å². The number of carbonyl (C=O) groups is 1. The van der Waals surface area contributed by atoms with Gasteiger partial charge in [0.05, 0.1) is 17.6 Å². The molecular weight excluding hydrogens is 376 g/mol. The molecule has 2 atom stereocenters. The van der Waals surface area contributed by atoms with Gasteiger partial charge in [-0.3, -0.25) is 4.79 Å². The molecule has 144 valence electrons. The molecule has 1 aromatic heterocycles. The van der Waals surface area contributed by atoms with Gasteiger partial charge in [0, 0.05) is 12.1 Å². The molecule has 1 aliphatic rings. The van der Waals surface area contributed by atoms with Crippen molar-refractivity contribution in [2.75, 3.05) is 13.7 Å². The second-order valence-corrected chi connectivity index (χ2v) is 7.46. The summed E-state index contributed by atoms with van der Waals surface area (Å²) in [6, 6.07) is 13.5. The first-order chi connectivity index (χ1) is 13.5. The van der Waals surface area contributed by atoms with Gasteiger partial charge in [-0.15, -0.1) is 0 Å². The zero-order valence-corrected chi connectivity index (χ0v) is 16.5. The van der Waals surface area contributed by atoms with Gasteiger partial charge in [-0.05, 0) is 54.8 Å². The minimum Gasteiger partial charge on any atom is -0.492 e. The molecule has 0 saturated carbocycles. The average Bonchev–Trinajstić information content (AvgIpc) is 3.26. The highest BCUT2D eigenvalue weighted by Crippen LogP contribution is 2.31. The van der Waals surface area contributed by atoms with E-state index in [4.69, 9.17) is 16.3 Å². The molecule has 7 heteroatoms. The highest BCUT2D eigenvalue weighted by atomic mass is 35.5. The van der Waals surface area contributed by atoms with Gasteiger partial charge in [0.1, 0.15) is 25.0 Å². The number of hydrogen-bond donors (Lipinski definition) is 0. The molecule has 0 saturated heterocycles. The molecule has 0 aliphatic carbocycles. The van der Waals surface area contributed by atoms with Crippen LogP contribution in [0.5, 0.6) is 5.75 Å². The summed E-state index contributed by atoms with van der Waals surface area (Å²) in [4.78, 5) is 18.8. The first-order valence-electron chi connectivity index (χ1n) is 9.16. The van der Waals surface area contributed by atoms with Crippen molar-refractivity contribution in [2.45, 2.75) is 19.4 Å². The standard InChI is InChI=1S/C21H21ClN4O2/c1-14(15-3-6-19(7-4-15)26-13-23-12-24-26)25(2)21(27)17-9-16-10-18(22)5-8-20(16)28-11-17/h3-8,10,12-14,17H,9,11H2,1-2H3/t14-,17+/m0/s1. The fourth-order valence-corrected chi connectivity index (χ4v) is 3.67. The molecule has 0 N–H and O–H groups in total. The summed E-state index contributed by atoms with van der Waals surface area (Å²) in [5, 5.41) is 4.78. The Kier molecular flexibility index (Phi) is 5.05. The SMILES string of the molecule is C[C@@H](c1ccc(-n2cncn2)cc1)N(C)C(=O)[C@H]1COc2ccc(Cl)cc2C1. The van der Waals surface area contributed by atoms with Crippen molar-refractivity contribution < 1.29 is 9.53 Å². The summed E-state index contributed by atoms with van der Waals surface area (Å²) in [6.07, 6.45) is 3.79. The molecule has 0 bridgehead atoms. The number of amides is 1. The lowest BCUT2D eigenvalue weighted by Crippen LogP contribution is -2.39. The van der Waals surface area contributed by atoms with Crippen LogP contribution in [0.4, 0.5) is 0 Å². The smallest absolute Gasteiger partial charge is 0.229 e. The molecule has 1 aliphatic heterocycles. The molecule has 2 heterocycles. The maximum atomic E-state index is 13.1. The first kappa shape index (κ1) is 18.5. The minimum absolute atomic E-state index is 0.0574. The summed E-state index contributed by atoms with van der Waals surface area (Å²) in [7, 11) is 1.84. The Morgan fingerprint density at radius 3 is 2.79 bits per heavy atom. The highest BCUT2D eigenvalue weighted by Gasteiger charge is 2.30. The molecule has 3 aromatic rings.